The van der Waals surface area contributed by atoms with E-state index < -0.39 is 63.8 Å². The zero-order valence-electron chi connectivity index (χ0n) is 17.9. The third kappa shape index (κ3) is 4.57. The van der Waals surface area contributed by atoms with Crippen LogP contribution in [0.1, 0.15) is 18.4 Å². The Hall–Kier alpha value is -3.57. The maximum atomic E-state index is 15.2. The van der Waals surface area contributed by atoms with Gasteiger partial charge in [0, 0.05) is 24.7 Å². The summed E-state index contributed by atoms with van der Waals surface area (Å²) in [6.07, 6.45) is 0.605. The summed E-state index contributed by atoms with van der Waals surface area (Å²) in [5.74, 6) is -4.17. The Kier molecular flexibility index (Phi) is 6.49. The molecule has 1 aliphatic heterocycles. The molecular weight excluding hydrogens is 455 g/mol. The van der Waals surface area contributed by atoms with Gasteiger partial charge in [-0.2, -0.15) is 0 Å². The molecular formula is C23H22F3N3O5. The van der Waals surface area contributed by atoms with Crippen molar-refractivity contribution in [1.82, 2.24) is 4.90 Å². The van der Waals surface area contributed by atoms with Crippen molar-refractivity contribution in [1.29, 1.82) is 0 Å². The van der Waals surface area contributed by atoms with E-state index in [2.05, 4.69) is 0 Å². The predicted molar refractivity (Wildman–Crippen MR) is 118 cm³/mol. The zero-order chi connectivity index (χ0) is 24.6. The van der Waals surface area contributed by atoms with Crippen molar-refractivity contribution in [2.75, 3.05) is 31.1 Å². The van der Waals surface area contributed by atoms with Crippen LogP contribution in [0, 0.1) is 17.5 Å². The second-order valence-corrected chi connectivity index (χ2v) is 8.10. The van der Waals surface area contributed by atoms with Gasteiger partial charge in [-0.1, -0.05) is 0 Å². The molecule has 3 aromatic rings. The predicted octanol–water partition coefficient (Wildman–Crippen LogP) is 2.54. The zero-order valence-corrected chi connectivity index (χ0v) is 17.9. The van der Waals surface area contributed by atoms with E-state index in [9.17, 15) is 23.5 Å². The molecule has 8 nitrogen and oxygen atoms in total. The number of hydrogen-bond donors (Lipinski definition) is 3. The molecule has 34 heavy (non-hydrogen) atoms. The Morgan fingerprint density at radius 1 is 1.15 bits per heavy atom. The van der Waals surface area contributed by atoms with E-state index in [0.29, 0.717) is 25.9 Å². The topological polar surface area (TPSA) is 132 Å². The van der Waals surface area contributed by atoms with Crippen molar-refractivity contribution >= 4 is 28.3 Å². The summed E-state index contributed by atoms with van der Waals surface area (Å²) in [6.45, 7) is 0.0850. The number of piperidine rings is 1. The minimum absolute atomic E-state index is 0.104. The van der Waals surface area contributed by atoms with Gasteiger partial charge in [0.15, 0.2) is 22.6 Å². The maximum Gasteiger partial charge on any atom is 0.320 e. The normalized spacial score (nSPS) is 15.1. The Labute approximate surface area is 191 Å². The third-order valence-electron chi connectivity index (χ3n) is 5.75. The number of nitrogens with two attached hydrogens (primary N) is 2. The van der Waals surface area contributed by atoms with Crippen LogP contribution >= 0.6 is 0 Å². The lowest BCUT2D eigenvalue weighted by molar-refractivity contribution is -0.147. The van der Waals surface area contributed by atoms with Crippen LogP contribution in [0.3, 0.4) is 0 Å². The van der Waals surface area contributed by atoms with Crippen LogP contribution in [0.5, 0.6) is 0 Å². The summed E-state index contributed by atoms with van der Waals surface area (Å²) in [4.78, 5) is 26.5. The molecule has 2 aromatic carbocycles. The van der Waals surface area contributed by atoms with Crippen molar-refractivity contribution in [3.63, 3.8) is 0 Å². The number of nitrogen functional groups attached to an aromatic ring is 2. The summed E-state index contributed by atoms with van der Waals surface area (Å²) < 4.78 is 54.4. The summed E-state index contributed by atoms with van der Waals surface area (Å²) >= 11 is 0. The molecule has 0 radical (unpaired) electrons. The molecule has 4 rings (SSSR count). The molecule has 11 heteroatoms. The van der Waals surface area contributed by atoms with E-state index in [-0.39, 0.29) is 23.6 Å². The van der Waals surface area contributed by atoms with Crippen molar-refractivity contribution in [2.24, 2.45) is 0 Å². The van der Waals surface area contributed by atoms with Crippen LogP contribution in [0.2, 0.25) is 0 Å². The summed E-state index contributed by atoms with van der Waals surface area (Å²) in [5, 5.41) is 9.01. The lowest BCUT2D eigenvalue weighted by atomic mass is 10.1. The Bertz CT molecular complexity index is 1320. The van der Waals surface area contributed by atoms with Gasteiger partial charge < -0.3 is 25.7 Å². The number of fused-ring (bicyclic) bond motifs is 1. The van der Waals surface area contributed by atoms with Crippen LogP contribution in [-0.2, 0) is 16.1 Å². The highest BCUT2D eigenvalue weighted by atomic mass is 19.1. The molecule has 5 N–H and O–H groups in total. The molecule has 0 saturated carbocycles. The number of halogens is 3. The number of carbonyl (C=O) groups is 1. The fraction of sp³-hybridized carbons (Fsp3) is 0.304. The number of ether oxygens (including phenoxy) is 1. The minimum atomic E-state index is -1.26. The first kappa shape index (κ1) is 23.6. The van der Waals surface area contributed by atoms with Crippen LogP contribution in [0.4, 0.5) is 24.5 Å². The number of hydrogen-bond acceptors (Lipinski definition) is 8. The fourth-order valence-corrected chi connectivity index (χ4v) is 3.82. The van der Waals surface area contributed by atoms with Crippen LogP contribution < -0.4 is 16.9 Å². The van der Waals surface area contributed by atoms with E-state index in [0.717, 1.165) is 12.1 Å². The molecule has 1 saturated heterocycles. The number of anilines is 2. The number of aliphatic hydroxyl groups is 1. The highest BCUT2D eigenvalue weighted by Gasteiger charge is 2.25. The van der Waals surface area contributed by atoms with Gasteiger partial charge in [-0.3, -0.25) is 14.5 Å². The molecule has 2 heterocycles. The van der Waals surface area contributed by atoms with Gasteiger partial charge in [-0.25, -0.2) is 13.2 Å². The highest BCUT2D eigenvalue weighted by Crippen LogP contribution is 2.32. The summed E-state index contributed by atoms with van der Waals surface area (Å²) in [6, 6.07) is 4.57. The first-order valence-electron chi connectivity index (χ1n) is 10.5. The number of aliphatic hydroxyl groups excluding tert-OH is 1. The lowest BCUT2D eigenvalue weighted by Crippen LogP contribution is -2.39. The smallest absolute Gasteiger partial charge is 0.320 e. The van der Waals surface area contributed by atoms with Gasteiger partial charge >= 0.3 is 5.97 Å². The Morgan fingerprint density at radius 3 is 2.53 bits per heavy atom. The van der Waals surface area contributed by atoms with Crippen molar-refractivity contribution in [3.8, 4) is 11.3 Å². The van der Waals surface area contributed by atoms with E-state index in [1.54, 1.807) is 4.90 Å². The molecule has 0 unspecified atom stereocenters. The molecule has 1 aromatic heterocycles. The van der Waals surface area contributed by atoms with E-state index in [1.807, 2.05) is 0 Å². The van der Waals surface area contributed by atoms with Gasteiger partial charge in [-0.05, 0) is 31.0 Å². The third-order valence-corrected chi connectivity index (χ3v) is 5.75. The Balaban J connectivity index is 1.64. The van der Waals surface area contributed by atoms with Crippen molar-refractivity contribution < 1.29 is 32.2 Å². The minimum Gasteiger partial charge on any atom is -0.460 e. The van der Waals surface area contributed by atoms with Crippen LogP contribution in [0.25, 0.3) is 22.3 Å². The SMILES string of the molecule is Nc1ccc(-c2cc(=O)c3c(N)c(F)c(COC(=O)CN4CCC(O)CC4)c(F)c3o2)cc1F. The van der Waals surface area contributed by atoms with Gasteiger partial charge in [0.2, 0.25) is 0 Å². The largest absolute Gasteiger partial charge is 0.460 e. The van der Waals surface area contributed by atoms with Crippen molar-refractivity contribution in [2.45, 2.75) is 25.6 Å². The standard InChI is InChI=1S/C23H22F3N3O5/c24-14-7-11(1-2-15(14)27)17-8-16(31)19-22(28)20(25)13(21(26)23(19)34-17)10-33-18(32)9-29-5-3-12(30)4-6-29/h1-2,7-8,12,30H,3-6,9-10,27-28H2. The van der Waals surface area contributed by atoms with E-state index >= 15 is 4.39 Å². The molecule has 0 atom stereocenters. The van der Waals surface area contributed by atoms with E-state index in [4.69, 9.17) is 20.6 Å². The van der Waals surface area contributed by atoms with Gasteiger partial charge in [0.25, 0.3) is 0 Å². The lowest BCUT2D eigenvalue weighted by Gasteiger charge is -2.28. The average Bonchev–Trinajstić information content (AvgIpc) is 2.80. The second-order valence-electron chi connectivity index (χ2n) is 8.10. The van der Waals surface area contributed by atoms with Crippen molar-refractivity contribution in [3.05, 3.63) is 57.5 Å². The molecule has 0 aliphatic carbocycles. The monoisotopic (exact) mass is 477 g/mol. The first-order valence-corrected chi connectivity index (χ1v) is 10.5. The number of benzene rings is 2. The molecule has 0 amide bonds. The molecule has 1 aliphatic rings. The molecule has 0 spiro atoms. The molecule has 180 valence electrons. The number of likely N-dealkylation sites (tertiary alicyclic amines) is 1. The number of esters is 1. The number of nitrogens with zero attached hydrogens (tertiary/aromatic N) is 1. The highest BCUT2D eigenvalue weighted by molar-refractivity contribution is 5.91. The van der Waals surface area contributed by atoms with E-state index in [1.165, 1.54) is 12.1 Å². The van der Waals surface area contributed by atoms with Gasteiger partial charge in [0.1, 0.15) is 18.2 Å². The summed E-state index contributed by atoms with van der Waals surface area (Å²) in [5.41, 5.74) is 8.35. The Morgan fingerprint density at radius 2 is 1.85 bits per heavy atom. The fourth-order valence-electron chi connectivity index (χ4n) is 3.82. The van der Waals surface area contributed by atoms with Crippen LogP contribution in [0.15, 0.2) is 33.5 Å². The van der Waals surface area contributed by atoms with Gasteiger partial charge in [-0.15, -0.1) is 0 Å². The second kappa shape index (κ2) is 9.35. The quantitative estimate of drug-likeness (QED) is 0.377. The number of rotatable bonds is 5. The molecule has 1 fully saturated rings. The maximum absolute atomic E-state index is 15.2. The van der Waals surface area contributed by atoms with Gasteiger partial charge in [0.05, 0.1) is 35.0 Å². The van der Waals surface area contributed by atoms with Crippen LogP contribution in [-0.4, -0.2) is 41.7 Å². The first-order chi connectivity index (χ1) is 16.2. The summed E-state index contributed by atoms with van der Waals surface area (Å²) in [7, 11) is 0. The number of carbonyl (C=O) groups excluding carboxylic acids is 1. The average molecular weight is 477 g/mol. The molecule has 0 bridgehead atoms.